The van der Waals surface area contributed by atoms with Crippen LogP contribution in [0.4, 0.5) is 5.95 Å². The van der Waals surface area contributed by atoms with Gasteiger partial charge in [-0.15, -0.1) is 11.3 Å². The minimum atomic E-state index is 0.496. The monoisotopic (exact) mass is 323 g/mol. The largest absolute Gasteiger partial charge is 0.351 e. The first-order valence-electron chi connectivity index (χ1n) is 7.98. The standard InChI is InChI=1S/C16H22ClN3S/c1-2-7-12-10-13-14(17)19-16(20-15(13)21-12)18-11-8-5-3-4-6-9-11/h10-11H,2-9H2,1H3,(H,18,19,20). The molecule has 2 aromatic heterocycles. The fourth-order valence-electron chi connectivity index (χ4n) is 2.98. The molecule has 1 N–H and O–H groups in total. The molecule has 0 unspecified atom stereocenters. The molecule has 0 aliphatic heterocycles. The minimum absolute atomic E-state index is 0.496. The van der Waals surface area contributed by atoms with Crippen molar-refractivity contribution in [3.63, 3.8) is 0 Å². The summed E-state index contributed by atoms with van der Waals surface area (Å²) in [5, 5.41) is 5.07. The van der Waals surface area contributed by atoms with Crippen LogP contribution in [0, 0.1) is 0 Å². The highest BCUT2D eigenvalue weighted by Crippen LogP contribution is 2.31. The topological polar surface area (TPSA) is 37.8 Å². The molecule has 0 radical (unpaired) electrons. The zero-order chi connectivity index (χ0) is 14.7. The van der Waals surface area contributed by atoms with E-state index >= 15 is 0 Å². The van der Waals surface area contributed by atoms with E-state index in [0.717, 1.165) is 23.1 Å². The third-order valence-electron chi connectivity index (χ3n) is 4.08. The van der Waals surface area contributed by atoms with E-state index in [-0.39, 0.29) is 0 Å². The van der Waals surface area contributed by atoms with E-state index < -0.39 is 0 Å². The summed E-state index contributed by atoms with van der Waals surface area (Å²) in [7, 11) is 0. The van der Waals surface area contributed by atoms with E-state index in [1.165, 1.54) is 43.4 Å². The van der Waals surface area contributed by atoms with Crippen molar-refractivity contribution in [1.29, 1.82) is 0 Å². The SMILES string of the molecule is CCCc1cc2c(Cl)nc(NC3CCCCCC3)nc2s1. The van der Waals surface area contributed by atoms with Crippen LogP contribution in [0.5, 0.6) is 0 Å². The molecule has 5 heteroatoms. The Kier molecular flexibility index (Phi) is 4.96. The minimum Gasteiger partial charge on any atom is -0.351 e. The second-order valence-corrected chi connectivity index (χ2v) is 7.33. The molecule has 0 saturated heterocycles. The van der Waals surface area contributed by atoms with E-state index in [2.05, 4.69) is 28.3 Å². The van der Waals surface area contributed by atoms with E-state index in [0.29, 0.717) is 17.1 Å². The van der Waals surface area contributed by atoms with Gasteiger partial charge in [-0.1, -0.05) is 50.6 Å². The van der Waals surface area contributed by atoms with Gasteiger partial charge in [0.1, 0.15) is 9.98 Å². The van der Waals surface area contributed by atoms with Crippen LogP contribution < -0.4 is 5.32 Å². The number of nitrogens with zero attached hydrogens (tertiary/aromatic N) is 2. The lowest BCUT2D eigenvalue weighted by Crippen LogP contribution is -2.19. The van der Waals surface area contributed by atoms with Crippen LogP contribution >= 0.6 is 22.9 Å². The van der Waals surface area contributed by atoms with Gasteiger partial charge in [0.05, 0.1) is 0 Å². The molecule has 3 rings (SSSR count). The zero-order valence-corrected chi connectivity index (χ0v) is 14.1. The number of nitrogens with one attached hydrogen (secondary N) is 1. The van der Waals surface area contributed by atoms with Crippen molar-refractivity contribution in [2.75, 3.05) is 5.32 Å². The molecule has 0 bridgehead atoms. The van der Waals surface area contributed by atoms with Crippen molar-refractivity contribution in [3.8, 4) is 0 Å². The number of thiophene rings is 1. The summed E-state index contributed by atoms with van der Waals surface area (Å²) in [6, 6.07) is 2.64. The second-order valence-electron chi connectivity index (χ2n) is 5.85. The molecule has 0 amide bonds. The van der Waals surface area contributed by atoms with Crippen LogP contribution in [0.2, 0.25) is 5.15 Å². The number of halogens is 1. The molecular weight excluding hydrogens is 302 g/mol. The predicted octanol–water partition coefficient (Wildman–Crippen LogP) is 5.43. The van der Waals surface area contributed by atoms with Gasteiger partial charge >= 0.3 is 0 Å². The summed E-state index contributed by atoms with van der Waals surface area (Å²) in [5.74, 6) is 0.698. The molecule has 1 aliphatic rings. The predicted molar refractivity (Wildman–Crippen MR) is 91.5 cm³/mol. The highest BCUT2D eigenvalue weighted by molar-refractivity contribution is 7.18. The molecule has 0 aromatic carbocycles. The molecular formula is C16H22ClN3S. The van der Waals surface area contributed by atoms with E-state index in [1.807, 2.05) is 0 Å². The van der Waals surface area contributed by atoms with Gasteiger partial charge < -0.3 is 5.32 Å². The summed E-state index contributed by atoms with van der Waals surface area (Å²) in [6.07, 6.45) is 9.96. The Hall–Kier alpha value is -0.870. The summed E-state index contributed by atoms with van der Waals surface area (Å²) in [4.78, 5) is 11.5. The zero-order valence-electron chi connectivity index (χ0n) is 12.5. The fourth-order valence-corrected chi connectivity index (χ4v) is 4.39. The number of hydrogen-bond donors (Lipinski definition) is 1. The molecule has 21 heavy (non-hydrogen) atoms. The van der Waals surface area contributed by atoms with E-state index in [4.69, 9.17) is 11.6 Å². The Balaban J connectivity index is 1.81. The van der Waals surface area contributed by atoms with Crippen molar-refractivity contribution < 1.29 is 0 Å². The van der Waals surface area contributed by atoms with Crippen LogP contribution in [-0.4, -0.2) is 16.0 Å². The Labute approximate surface area is 135 Å². The third kappa shape index (κ3) is 3.67. The van der Waals surface area contributed by atoms with Crippen LogP contribution in [0.25, 0.3) is 10.2 Å². The van der Waals surface area contributed by atoms with Crippen molar-refractivity contribution in [3.05, 3.63) is 16.1 Å². The highest BCUT2D eigenvalue weighted by atomic mass is 35.5. The van der Waals surface area contributed by atoms with E-state index in [9.17, 15) is 0 Å². The summed E-state index contributed by atoms with van der Waals surface area (Å²) in [5.41, 5.74) is 0. The summed E-state index contributed by atoms with van der Waals surface area (Å²) < 4.78 is 0. The Morgan fingerprint density at radius 2 is 2.00 bits per heavy atom. The lowest BCUT2D eigenvalue weighted by molar-refractivity contribution is 0.615. The Morgan fingerprint density at radius 3 is 2.71 bits per heavy atom. The molecule has 1 fully saturated rings. The van der Waals surface area contributed by atoms with Crippen LogP contribution in [-0.2, 0) is 6.42 Å². The lowest BCUT2D eigenvalue weighted by Gasteiger charge is -2.16. The number of aromatic nitrogens is 2. The number of rotatable bonds is 4. The van der Waals surface area contributed by atoms with Crippen molar-refractivity contribution >= 4 is 39.1 Å². The van der Waals surface area contributed by atoms with Crippen molar-refractivity contribution in [2.45, 2.75) is 64.3 Å². The number of aryl methyl sites for hydroxylation is 1. The van der Waals surface area contributed by atoms with Crippen LogP contribution in [0.15, 0.2) is 6.07 Å². The molecule has 2 heterocycles. The molecule has 1 aliphatic carbocycles. The normalized spacial score (nSPS) is 17.0. The number of fused-ring (bicyclic) bond motifs is 1. The third-order valence-corrected chi connectivity index (χ3v) is 5.46. The molecule has 2 aromatic rings. The van der Waals surface area contributed by atoms with E-state index in [1.54, 1.807) is 11.3 Å². The first-order chi connectivity index (χ1) is 10.3. The molecule has 0 spiro atoms. The van der Waals surface area contributed by atoms with Gasteiger partial charge in [0, 0.05) is 16.3 Å². The second kappa shape index (κ2) is 6.93. The maximum absolute atomic E-state index is 6.34. The quantitative estimate of drug-likeness (QED) is 0.602. The van der Waals surface area contributed by atoms with Gasteiger partial charge in [0.2, 0.25) is 5.95 Å². The van der Waals surface area contributed by atoms with Gasteiger partial charge in [-0.05, 0) is 25.3 Å². The number of hydrogen-bond acceptors (Lipinski definition) is 4. The first-order valence-corrected chi connectivity index (χ1v) is 9.18. The maximum Gasteiger partial charge on any atom is 0.225 e. The van der Waals surface area contributed by atoms with Gasteiger partial charge in [0.15, 0.2) is 0 Å². The fraction of sp³-hybridized carbons (Fsp3) is 0.625. The summed E-state index contributed by atoms with van der Waals surface area (Å²) >= 11 is 8.08. The first kappa shape index (κ1) is 15.0. The number of anilines is 1. The van der Waals surface area contributed by atoms with Gasteiger partial charge in [-0.2, -0.15) is 0 Å². The Morgan fingerprint density at radius 1 is 1.24 bits per heavy atom. The Bertz CT molecular complexity index is 603. The van der Waals surface area contributed by atoms with Crippen molar-refractivity contribution in [1.82, 2.24) is 9.97 Å². The molecule has 114 valence electrons. The van der Waals surface area contributed by atoms with Gasteiger partial charge in [0.25, 0.3) is 0 Å². The van der Waals surface area contributed by atoms with Crippen molar-refractivity contribution in [2.24, 2.45) is 0 Å². The summed E-state index contributed by atoms with van der Waals surface area (Å²) in [6.45, 7) is 2.19. The molecule has 3 nitrogen and oxygen atoms in total. The molecule has 1 saturated carbocycles. The lowest BCUT2D eigenvalue weighted by atomic mass is 10.1. The van der Waals surface area contributed by atoms with Gasteiger partial charge in [-0.25, -0.2) is 9.97 Å². The average Bonchev–Trinajstić information content (AvgIpc) is 2.68. The van der Waals surface area contributed by atoms with Crippen LogP contribution in [0.3, 0.4) is 0 Å². The highest BCUT2D eigenvalue weighted by Gasteiger charge is 2.15. The maximum atomic E-state index is 6.34. The van der Waals surface area contributed by atoms with Gasteiger partial charge in [-0.3, -0.25) is 0 Å². The molecule has 0 atom stereocenters. The smallest absolute Gasteiger partial charge is 0.225 e. The average molecular weight is 324 g/mol. The van der Waals surface area contributed by atoms with Crippen LogP contribution in [0.1, 0.15) is 56.7 Å².